The third-order valence-corrected chi connectivity index (χ3v) is 7.17. The van der Waals surface area contributed by atoms with Gasteiger partial charge < -0.3 is 31.1 Å². The summed E-state index contributed by atoms with van der Waals surface area (Å²) in [5.41, 5.74) is -0.338. The van der Waals surface area contributed by atoms with Crippen LogP contribution in [0.25, 0.3) is 0 Å². The second-order valence-electron chi connectivity index (χ2n) is 10.4. The van der Waals surface area contributed by atoms with Gasteiger partial charge in [0.2, 0.25) is 0 Å². The Morgan fingerprint density at radius 3 is 1.18 bits per heavy atom. The maximum Gasteiger partial charge on any atom is 0.336 e. The molecule has 0 aliphatic heterocycles. The zero-order valence-electron chi connectivity index (χ0n) is 23.8. The van der Waals surface area contributed by atoms with Crippen LogP contribution in [0.3, 0.4) is 0 Å². The van der Waals surface area contributed by atoms with E-state index < -0.39 is 63.4 Å². The first-order chi connectivity index (χ1) is 21.2. The molecule has 45 heavy (non-hydrogen) atoms. The average Bonchev–Trinajstić information content (AvgIpc) is 3.00. The number of amides is 2. The molecule has 4 rings (SSSR count). The minimum Gasteiger partial charge on any atom is -0.478 e. The fourth-order valence-electron chi connectivity index (χ4n) is 4.64. The topological polar surface area (TPSA) is 207 Å². The predicted octanol–water partition coefficient (Wildman–Crippen LogP) is 5.31. The molecular formula is C33H26N2O10. The lowest BCUT2D eigenvalue weighted by molar-refractivity contribution is 0.0651. The first-order valence-electron chi connectivity index (χ1n) is 13.2. The number of carboxylic acid groups (broad SMARTS) is 4. The van der Waals surface area contributed by atoms with Crippen LogP contribution in [-0.4, -0.2) is 56.1 Å². The van der Waals surface area contributed by atoms with Gasteiger partial charge in [-0.15, -0.1) is 0 Å². The molecule has 4 aromatic carbocycles. The van der Waals surface area contributed by atoms with Gasteiger partial charge in [0.05, 0.1) is 22.3 Å². The minimum atomic E-state index is -1.48. The van der Waals surface area contributed by atoms with Crippen molar-refractivity contribution in [3.63, 3.8) is 0 Å². The fraction of sp³-hybridized carbons (Fsp3) is 0.0909. The lowest BCUT2D eigenvalue weighted by Gasteiger charge is -2.27. The fourth-order valence-corrected chi connectivity index (χ4v) is 4.64. The summed E-state index contributed by atoms with van der Waals surface area (Å²) in [4.78, 5) is 71.5. The van der Waals surface area contributed by atoms with Crippen molar-refractivity contribution in [3.8, 4) is 0 Å². The summed E-state index contributed by atoms with van der Waals surface area (Å²) in [6.07, 6.45) is 0. The number of nitrogens with one attached hydrogen (secondary N) is 2. The molecule has 4 aromatic rings. The van der Waals surface area contributed by atoms with Gasteiger partial charge in [0, 0.05) is 27.9 Å². The summed E-state index contributed by atoms with van der Waals surface area (Å²) in [7, 11) is 0. The van der Waals surface area contributed by atoms with Gasteiger partial charge in [-0.2, -0.15) is 0 Å². The van der Waals surface area contributed by atoms with Crippen LogP contribution in [0.1, 0.15) is 87.1 Å². The van der Waals surface area contributed by atoms with Crippen LogP contribution < -0.4 is 10.6 Å². The Kier molecular flexibility index (Phi) is 8.80. The van der Waals surface area contributed by atoms with E-state index in [9.17, 15) is 49.2 Å². The summed E-state index contributed by atoms with van der Waals surface area (Å²) in [5, 5.41) is 42.6. The maximum absolute atomic E-state index is 12.9. The molecule has 0 bridgehead atoms. The maximum atomic E-state index is 12.9. The van der Waals surface area contributed by atoms with Crippen molar-refractivity contribution in [1.82, 2.24) is 0 Å². The zero-order valence-corrected chi connectivity index (χ0v) is 23.8. The van der Waals surface area contributed by atoms with Crippen LogP contribution in [-0.2, 0) is 5.41 Å². The smallest absolute Gasteiger partial charge is 0.336 e. The van der Waals surface area contributed by atoms with Gasteiger partial charge in [-0.25, -0.2) is 19.2 Å². The first-order valence-corrected chi connectivity index (χ1v) is 13.2. The van der Waals surface area contributed by atoms with Gasteiger partial charge in [-0.05, 0) is 71.8 Å². The van der Waals surface area contributed by atoms with Gasteiger partial charge >= 0.3 is 23.9 Å². The van der Waals surface area contributed by atoms with Gasteiger partial charge in [0.25, 0.3) is 11.8 Å². The Balaban J connectivity index is 1.56. The summed E-state index contributed by atoms with van der Waals surface area (Å²) < 4.78 is 0. The lowest BCUT2D eigenvalue weighted by atomic mass is 9.78. The van der Waals surface area contributed by atoms with E-state index in [1.165, 1.54) is 12.1 Å². The van der Waals surface area contributed by atoms with Crippen LogP contribution >= 0.6 is 0 Å². The number of hydrogen-bond donors (Lipinski definition) is 6. The molecule has 0 saturated carbocycles. The number of carboxylic acids is 4. The van der Waals surface area contributed by atoms with Crippen LogP contribution in [0.5, 0.6) is 0 Å². The van der Waals surface area contributed by atoms with E-state index in [2.05, 4.69) is 10.6 Å². The molecule has 12 heteroatoms. The number of anilines is 2. The molecule has 0 aromatic heterocycles. The summed E-state index contributed by atoms with van der Waals surface area (Å²) in [6.45, 7) is 3.84. The highest BCUT2D eigenvalue weighted by Gasteiger charge is 2.25. The van der Waals surface area contributed by atoms with E-state index in [4.69, 9.17) is 0 Å². The number of carbonyl (C=O) groups excluding carboxylic acids is 2. The molecule has 6 N–H and O–H groups in total. The average molecular weight is 611 g/mol. The van der Waals surface area contributed by atoms with E-state index in [-0.39, 0.29) is 11.1 Å². The summed E-state index contributed by atoms with van der Waals surface area (Å²) in [6, 6.07) is 20.4. The van der Waals surface area contributed by atoms with Crippen LogP contribution in [0.2, 0.25) is 0 Å². The molecule has 0 fully saturated rings. The Morgan fingerprint density at radius 2 is 0.844 bits per heavy atom. The SMILES string of the molecule is CC(C)(c1cccc(NC(=O)c2ccc(C(=O)O)c(C(=O)O)c2)c1)c1cccc(NC(=O)c2ccc(C(=O)O)c(C(=O)O)c2)c1. The quantitative estimate of drug-likeness (QED) is 0.136. The van der Waals surface area contributed by atoms with Crippen molar-refractivity contribution in [1.29, 1.82) is 0 Å². The molecule has 0 radical (unpaired) electrons. The number of benzene rings is 4. The monoisotopic (exact) mass is 610 g/mol. The highest BCUT2D eigenvalue weighted by Crippen LogP contribution is 2.34. The summed E-state index contributed by atoms with van der Waals surface area (Å²) >= 11 is 0. The van der Waals surface area contributed by atoms with Crippen molar-refractivity contribution < 1.29 is 49.2 Å². The third kappa shape index (κ3) is 6.86. The zero-order chi connectivity index (χ0) is 33.1. The van der Waals surface area contributed by atoms with Crippen LogP contribution in [0.15, 0.2) is 84.9 Å². The van der Waals surface area contributed by atoms with E-state index >= 15 is 0 Å². The molecule has 0 heterocycles. The molecule has 0 aliphatic rings. The van der Waals surface area contributed by atoms with Crippen molar-refractivity contribution in [2.24, 2.45) is 0 Å². The molecule has 0 unspecified atom stereocenters. The highest BCUT2D eigenvalue weighted by atomic mass is 16.4. The predicted molar refractivity (Wildman–Crippen MR) is 162 cm³/mol. The Hall–Kier alpha value is -6.30. The normalized spacial score (nSPS) is 10.9. The Labute approximate surface area is 255 Å². The van der Waals surface area contributed by atoms with E-state index in [1.54, 1.807) is 36.4 Å². The number of aromatic carboxylic acids is 4. The van der Waals surface area contributed by atoms with Gasteiger partial charge in [-0.1, -0.05) is 38.1 Å². The lowest BCUT2D eigenvalue weighted by Crippen LogP contribution is -2.21. The molecular weight excluding hydrogens is 584 g/mol. The Morgan fingerprint density at radius 1 is 0.489 bits per heavy atom. The van der Waals surface area contributed by atoms with Crippen molar-refractivity contribution >= 4 is 47.1 Å². The van der Waals surface area contributed by atoms with Crippen molar-refractivity contribution in [2.45, 2.75) is 19.3 Å². The first kappa shape index (κ1) is 31.6. The second-order valence-corrected chi connectivity index (χ2v) is 10.4. The van der Waals surface area contributed by atoms with Gasteiger partial charge in [0.15, 0.2) is 0 Å². The standard InChI is InChI=1S/C33H26N2O10/c1-33(2,19-5-3-7-21(15-19)34-27(36)17-9-11-23(29(38)39)25(13-17)31(42)43)20-6-4-8-22(16-20)35-28(37)18-10-12-24(30(40)41)26(14-18)32(44)45/h3-16H,1-2H3,(H,34,36)(H,35,37)(H,38,39)(H,40,41)(H,42,43)(H,44,45). The molecule has 228 valence electrons. The largest absolute Gasteiger partial charge is 0.478 e. The van der Waals surface area contributed by atoms with Crippen LogP contribution in [0.4, 0.5) is 11.4 Å². The summed E-state index contributed by atoms with van der Waals surface area (Å²) in [5.74, 6) is -7.11. The molecule has 12 nitrogen and oxygen atoms in total. The third-order valence-electron chi connectivity index (χ3n) is 7.17. The van der Waals surface area contributed by atoms with Crippen molar-refractivity contribution in [3.05, 3.63) is 129 Å². The van der Waals surface area contributed by atoms with Gasteiger partial charge in [0.1, 0.15) is 0 Å². The number of hydrogen-bond acceptors (Lipinski definition) is 6. The van der Waals surface area contributed by atoms with E-state index in [0.717, 1.165) is 35.4 Å². The second kappa shape index (κ2) is 12.5. The van der Waals surface area contributed by atoms with E-state index in [1.807, 2.05) is 26.0 Å². The highest BCUT2D eigenvalue weighted by molar-refractivity contribution is 6.09. The number of carbonyl (C=O) groups is 6. The van der Waals surface area contributed by atoms with E-state index in [0.29, 0.717) is 11.4 Å². The van der Waals surface area contributed by atoms with Gasteiger partial charge in [-0.3, -0.25) is 9.59 Å². The Bertz CT molecular complexity index is 1760. The molecule has 0 spiro atoms. The minimum absolute atomic E-state index is 0.0430. The molecule has 0 aliphatic carbocycles. The van der Waals surface area contributed by atoms with Crippen molar-refractivity contribution in [2.75, 3.05) is 10.6 Å². The van der Waals surface area contributed by atoms with Crippen LogP contribution in [0, 0.1) is 0 Å². The molecule has 0 saturated heterocycles. The number of rotatable bonds is 10. The molecule has 0 atom stereocenters. The molecule has 2 amide bonds.